The highest BCUT2D eigenvalue weighted by atomic mass is 15.2. The summed E-state index contributed by atoms with van der Waals surface area (Å²) in [4.78, 5) is 2.51. The molecule has 0 heterocycles. The Kier molecular flexibility index (Phi) is 3.93. The molecule has 1 aliphatic rings. The van der Waals surface area contributed by atoms with E-state index in [0.29, 0.717) is 6.04 Å². The first kappa shape index (κ1) is 13.4. The van der Waals surface area contributed by atoms with Gasteiger partial charge in [-0.3, -0.25) is 0 Å². The van der Waals surface area contributed by atoms with Gasteiger partial charge in [0, 0.05) is 36.2 Å². The third kappa shape index (κ3) is 2.80. The van der Waals surface area contributed by atoms with E-state index in [0.717, 1.165) is 19.1 Å². The molecule has 0 radical (unpaired) electrons. The second kappa shape index (κ2) is 5.84. The molecule has 0 bridgehead atoms. The molecule has 2 aromatic rings. The number of hydrogen-bond acceptors (Lipinski definition) is 2. The third-order valence-corrected chi connectivity index (χ3v) is 4.23. The van der Waals surface area contributed by atoms with Crippen LogP contribution in [0.3, 0.4) is 0 Å². The quantitative estimate of drug-likeness (QED) is 0.857. The molecule has 0 saturated heterocycles. The van der Waals surface area contributed by atoms with Crippen LogP contribution in [0.25, 0.3) is 10.8 Å². The summed E-state index contributed by atoms with van der Waals surface area (Å²) in [7, 11) is 0. The number of hydrogen-bond donors (Lipinski definition) is 1. The first-order valence-electron chi connectivity index (χ1n) is 7.77. The first-order valence-corrected chi connectivity index (χ1v) is 7.77. The Morgan fingerprint density at radius 3 is 2.65 bits per heavy atom. The number of nitrogens with one attached hydrogen (secondary N) is 1. The molecule has 2 aromatic carbocycles. The molecule has 1 unspecified atom stereocenters. The third-order valence-electron chi connectivity index (χ3n) is 4.23. The second-order valence-electron chi connectivity index (χ2n) is 5.82. The van der Waals surface area contributed by atoms with Gasteiger partial charge in [0.2, 0.25) is 0 Å². The van der Waals surface area contributed by atoms with Gasteiger partial charge in [0.25, 0.3) is 0 Å². The lowest BCUT2D eigenvalue weighted by Crippen LogP contribution is -2.41. The summed E-state index contributed by atoms with van der Waals surface area (Å²) in [6.45, 7) is 6.68. The van der Waals surface area contributed by atoms with Crippen molar-refractivity contribution in [3.05, 3.63) is 42.5 Å². The van der Waals surface area contributed by atoms with E-state index in [1.807, 2.05) is 0 Å². The van der Waals surface area contributed by atoms with Crippen LogP contribution in [0.4, 0.5) is 5.69 Å². The highest BCUT2D eigenvalue weighted by Crippen LogP contribution is 2.28. The molecule has 1 atom stereocenters. The van der Waals surface area contributed by atoms with Crippen molar-refractivity contribution in [1.82, 2.24) is 5.32 Å². The van der Waals surface area contributed by atoms with Crippen LogP contribution in [-0.2, 0) is 0 Å². The highest BCUT2D eigenvalue weighted by Gasteiger charge is 2.22. The van der Waals surface area contributed by atoms with E-state index in [1.165, 1.54) is 29.3 Å². The van der Waals surface area contributed by atoms with Gasteiger partial charge >= 0.3 is 0 Å². The molecule has 0 amide bonds. The summed E-state index contributed by atoms with van der Waals surface area (Å²) < 4.78 is 0. The molecule has 3 rings (SSSR count). The Labute approximate surface area is 121 Å². The van der Waals surface area contributed by atoms with Crippen molar-refractivity contribution in [2.24, 2.45) is 0 Å². The molecular formula is C18H24N2. The lowest BCUT2D eigenvalue weighted by Gasteiger charge is -2.31. The van der Waals surface area contributed by atoms with Crippen molar-refractivity contribution in [3.63, 3.8) is 0 Å². The predicted octanol–water partition coefficient (Wildman–Crippen LogP) is 3.81. The van der Waals surface area contributed by atoms with E-state index in [4.69, 9.17) is 0 Å². The zero-order valence-corrected chi connectivity index (χ0v) is 12.5. The number of nitrogens with zero attached hydrogens (tertiary/aromatic N) is 1. The van der Waals surface area contributed by atoms with Gasteiger partial charge < -0.3 is 10.2 Å². The van der Waals surface area contributed by atoms with Crippen molar-refractivity contribution in [1.29, 1.82) is 0 Å². The largest absolute Gasteiger partial charge is 0.367 e. The van der Waals surface area contributed by atoms with Crippen LogP contribution in [0.15, 0.2) is 42.5 Å². The van der Waals surface area contributed by atoms with Crippen molar-refractivity contribution < 1.29 is 0 Å². The van der Waals surface area contributed by atoms with E-state index >= 15 is 0 Å². The number of benzene rings is 2. The SMILES string of the molecule is CCN(c1cccc2ccccc12)C(C)CNC1CC1. The molecule has 0 spiro atoms. The number of likely N-dealkylation sites (N-methyl/N-ethyl adjacent to an activating group) is 1. The maximum absolute atomic E-state index is 3.65. The fraction of sp³-hybridized carbons (Fsp3) is 0.444. The van der Waals surface area contributed by atoms with Gasteiger partial charge in [0.1, 0.15) is 0 Å². The average Bonchev–Trinajstić information content (AvgIpc) is 3.30. The van der Waals surface area contributed by atoms with E-state index < -0.39 is 0 Å². The van der Waals surface area contributed by atoms with Gasteiger partial charge in [-0.15, -0.1) is 0 Å². The molecule has 0 aromatic heterocycles. The lowest BCUT2D eigenvalue weighted by molar-refractivity contribution is 0.566. The first-order chi connectivity index (χ1) is 9.79. The van der Waals surface area contributed by atoms with Crippen LogP contribution in [0.2, 0.25) is 0 Å². The Morgan fingerprint density at radius 2 is 1.90 bits per heavy atom. The van der Waals surface area contributed by atoms with Gasteiger partial charge in [0.05, 0.1) is 0 Å². The zero-order valence-electron chi connectivity index (χ0n) is 12.5. The van der Waals surface area contributed by atoms with Crippen LogP contribution in [0.1, 0.15) is 26.7 Å². The summed E-state index contributed by atoms with van der Waals surface area (Å²) in [6, 6.07) is 16.6. The summed E-state index contributed by atoms with van der Waals surface area (Å²) in [5.74, 6) is 0. The molecule has 2 nitrogen and oxygen atoms in total. The van der Waals surface area contributed by atoms with Gasteiger partial charge in [-0.1, -0.05) is 36.4 Å². The zero-order chi connectivity index (χ0) is 13.9. The van der Waals surface area contributed by atoms with E-state index in [9.17, 15) is 0 Å². The predicted molar refractivity (Wildman–Crippen MR) is 87.5 cm³/mol. The molecule has 20 heavy (non-hydrogen) atoms. The summed E-state index contributed by atoms with van der Waals surface area (Å²) in [5.41, 5.74) is 1.36. The number of fused-ring (bicyclic) bond motifs is 1. The normalized spacial score (nSPS) is 16.3. The van der Waals surface area contributed by atoms with Gasteiger partial charge in [0.15, 0.2) is 0 Å². The van der Waals surface area contributed by atoms with Crippen LogP contribution >= 0.6 is 0 Å². The van der Waals surface area contributed by atoms with Gasteiger partial charge in [-0.2, -0.15) is 0 Å². The van der Waals surface area contributed by atoms with Gasteiger partial charge in [-0.25, -0.2) is 0 Å². The average molecular weight is 268 g/mol. The van der Waals surface area contributed by atoms with Crippen LogP contribution < -0.4 is 10.2 Å². The minimum Gasteiger partial charge on any atom is -0.367 e. The van der Waals surface area contributed by atoms with E-state index in [1.54, 1.807) is 0 Å². The van der Waals surface area contributed by atoms with Crippen molar-refractivity contribution in [3.8, 4) is 0 Å². The second-order valence-corrected chi connectivity index (χ2v) is 5.82. The topological polar surface area (TPSA) is 15.3 Å². The maximum atomic E-state index is 3.65. The standard InChI is InChI=1S/C18H24N2/c1-3-20(14(2)13-19-16-11-12-16)18-10-6-8-15-7-4-5-9-17(15)18/h4-10,14,16,19H,3,11-13H2,1-2H3. The summed E-state index contributed by atoms with van der Waals surface area (Å²) >= 11 is 0. The Balaban J connectivity index is 1.85. The van der Waals surface area contributed by atoms with Crippen molar-refractivity contribution in [2.45, 2.75) is 38.8 Å². The highest BCUT2D eigenvalue weighted by molar-refractivity contribution is 5.94. The fourth-order valence-electron chi connectivity index (χ4n) is 2.91. The molecule has 106 valence electrons. The molecule has 1 fully saturated rings. The molecule has 1 aliphatic carbocycles. The van der Waals surface area contributed by atoms with Gasteiger partial charge in [-0.05, 0) is 38.1 Å². The van der Waals surface area contributed by atoms with Crippen LogP contribution in [0, 0.1) is 0 Å². The summed E-state index contributed by atoms with van der Waals surface area (Å²) in [6.07, 6.45) is 2.71. The molecular weight excluding hydrogens is 244 g/mol. The summed E-state index contributed by atoms with van der Waals surface area (Å²) in [5, 5.41) is 6.33. The maximum Gasteiger partial charge on any atom is 0.0448 e. The Hall–Kier alpha value is -1.54. The number of anilines is 1. The van der Waals surface area contributed by atoms with E-state index in [-0.39, 0.29) is 0 Å². The minimum absolute atomic E-state index is 0.520. The minimum atomic E-state index is 0.520. The molecule has 1 saturated carbocycles. The van der Waals surface area contributed by atoms with E-state index in [2.05, 4.69) is 66.5 Å². The molecule has 2 heteroatoms. The fourth-order valence-corrected chi connectivity index (χ4v) is 2.91. The van der Waals surface area contributed by atoms with Crippen LogP contribution in [0.5, 0.6) is 0 Å². The van der Waals surface area contributed by atoms with Crippen molar-refractivity contribution in [2.75, 3.05) is 18.0 Å². The Bertz CT molecular complexity index is 569. The smallest absolute Gasteiger partial charge is 0.0448 e. The molecule has 0 aliphatic heterocycles. The Morgan fingerprint density at radius 1 is 1.15 bits per heavy atom. The molecule has 1 N–H and O–H groups in total. The number of rotatable bonds is 6. The lowest BCUT2D eigenvalue weighted by atomic mass is 10.1. The van der Waals surface area contributed by atoms with Crippen molar-refractivity contribution >= 4 is 16.5 Å². The van der Waals surface area contributed by atoms with Crippen LogP contribution in [-0.4, -0.2) is 25.2 Å². The monoisotopic (exact) mass is 268 g/mol.